The van der Waals surface area contributed by atoms with Gasteiger partial charge in [-0.1, -0.05) is 62.5 Å². The Balaban J connectivity index is 0.000000443. The van der Waals surface area contributed by atoms with E-state index < -0.39 is 29.7 Å². The van der Waals surface area contributed by atoms with Gasteiger partial charge in [-0.3, -0.25) is 0 Å². The summed E-state index contributed by atoms with van der Waals surface area (Å²) < 4.78 is 62.7. The fourth-order valence-electron chi connectivity index (χ4n) is 2.26. The molecule has 0 aliphatic heterocycles. The van der Waals surface area contributed by atoms with Crippen LogP contribution in [0.4, 0.5) is 0 Å². The molecule has 0 heterocycles. The van der Waals surface area contributed by atoms with Gasteiger partial charge in [-0.15, -0.1) is 0 Å². The van der Waals surface area contributed by atoms with E-state index in [1.165, 1.54) is 26.0 Å². The number of hydrogen-bond donors (Lipinski definition) is 0. The minimum Gasteiger partial charge on any atom is -0.747 e. The van der Waals surface area contributed by atoms with E-state index in [2.05, 4.69) is 0 Å². The van der Waals surface area contributed by atoms with Gasteiger partial charge in [0.15, 0.2) is 0 Å². The zero-order valence-corrected chi connectivity index (χ0v) is 19.3. The van der Waals surface area contributed by atoms with Crippen molar-refractivity contribution in [2.75, 3.05) is 0 Å². The standard InChI is InChI=1S/2C8H12O3S.Zn/c2*1-7-5-3-4-6-8(7,2)12(9,10)11;/h2*3-7H,1-2H3,(H,9,10,11);/q;;+2/p-2. The van der Waals surface area contributed by atoms with Gasteiger partial charge in [-0.25, -0.2) is 16.8 Å². The van der Waals surface area contributed by atoms with E-state index in [-0.39, 0.29) is 31.3 Å². The Morgan fingerprint density at radius 1 is 0.720 bits per heavy atom. The topological polar surface area (TPSA) is 114 Å². The van der Waals surface area contributed by atoms with Crippen molar-refractivity contribution in [3.63, 3.8) is 0 Å². The van der Waals surface area contributed by atoms with Crippen molar-refractivity contribution in [2.24, 2.45) is 11.8 Å². The maximum Gasteiger partial charge on any atom is 2.00 e. The van der Waals surface area contributed by atoms with Gasteiger partial charge < -0.3 is 9.11 Å². The predicted octanol–water partition coefficient (Wildman–Crippen LogP) is 2.10. The Labute approximate surface area is 163 Å². The molecule has 0 aromatic carbocycles. The van der Waals surface area contributed by atoms with Crippen molar-refractivity contribution in [1.29, 1.82) is 0 Å². The van der Waals surface area contributed by atoms with Crippen LogP contribution in [-0.4, -0.2) is 35.4 Å². The van der Waals surface area contributed by atoms with Crippen LogP contribution in [0, 0.1) is 11.8 Å². The first kappa shape index (κ1) is 24.4. The largest absolute Gasteiger partial charge is 2.00 e. The summed E-state index contributed by atoms with van der Waals surface area (Å²) in [6, 6.07) is 0. The molecule has 0 spiro atoms. The van der Waals surface area contributed by atoms with Gasteiger partial charge in [0.2, 0.25) is 0 Å². The zero-order valence-electron chi connectivity index (χ0n) is 14.7. The molecule has 0 aromatic rings. The zero-order chi connectivity index (χ0) is 18.8. The van der Waals surface area contributed by atoms with E-state index >= 15 is 0 Å². The number of hydrogen-bond acceptors (Lipinski definition) is 6. The molecular weight excluding hydrogens is 418 g/mol. The molecular formula is C16H22O6S2Zn. The Bertz CT molecular complexity index is 726. The molecule has 0 amide bonds. The van der Waals surface area contributed by atoms with Crippen LogP contribution in [0.5, 0.6) is 0 Å². The van der Waals surface area contributed by atoms with Crippen LogP contribution in [0.2, 0.25) is 0 Å². The normalized spacial score (nSPS) is 34.0. The van der Waals surface area contributed by atoms with Crippen molar-refractivity contribution >= 4 is 20.2 Å². The molecule has 6 nitrogen and oxygen atoms in total. The summed E-state index contributed by atoms with van der Waals surface area (Å²) >= 11 is 0. The fourth-order valence-corrected chi connectivity index (χ4v) is 3.82. The second-order valence-corrected chi connectivity index (χ2v) is 9.92. The van der Waals surface area contributed by atoms with E-state index in [0.717, 1.165) is 0 Å². The molecule has 0 saturated carbocycles. The molecule has 2 aliphatic carbocycles. The number of rotatable bonds is 2. The van der Waals surface area contributed by atoms with Crippen LogP contribution in [0.15, 0.2) is 48.6 Å². The van der Waals surface area contributed by atoms with Gasteiger partial charge in [0.25, 0.3) is 0 Å². The Morgan fingerprint density at radius 2 is 1.00 bits per heavy atom. The summed E-state index contributed by atoms with van der Waals surface area (Å²) in [6.45, 7) is 6.32. The SMILES string of the molecule is CC1C=CC=CC1(C)S(=O)(=O)[O-].CC1C=CC=CC1(C)S(=O)(=O)[O-].[Zn+2]. The summed E-state index contributed by atoms with van der Waals surface area (Å²) in [5, 5.41) is 0. The molecule has 4 atom stereocenters. The first-order valence-corrected chi connectivity index (χ1v) is 10.2. The van der Waals surface area contributed by atoms with E-state index in [1.807, 2.05) is 0 Å². The summed E-state index contributed by atoms with van der Waals surface area (Å²) in [7, 11) is -8.53. The number of allylic oxidation sites excluding steroid dienone is 6. The van der Waals surface area contributed by atoms with Gasteiger partial charge in [-0.2, -0.15) is 0 Å². The van der Waals surface area contributed by atoms with Crippen molar-refractivity contribution in [3.8, 4) is 0 Å². The summed E-state index contributed by atoms with van der Waals surface area (Å²) in [4.78, 5) is 0. The van der Waals surface area contributed by atoms with Gasteiger partial charge in [0.05, 0.1) is 9.49 Å². The van der Waals surface area contributed by atoms with Crippen LogP contribution in [0.25, 0.3) is 0 Å². The third-order valence-electron chi connectivity index (χ3n) is 4.76. The molecule has 4 unspecified atom stereocenters. The summed E-state index contributed by atoms with van der Waals surface area (Å²) in [6.07, 6.45) is 13.0. The minimum atomic E-state index is -4.26. The van der Waals surface area contributed by atoms with Crippen molar-refractivity contribution in [1.82, 2.24) is 0 Å². The van der Waals surface area contributed by atoms with E-state index in [4.69, 9.17) is 0 Å². The maximum atomic E-state index is 10.9. The first-order chi connectivity index (χ1) is 10.8. The van der Waals surface area contributed by atoms with Gasteiger partial charge in [0.1, 0.15) is 20.2 Å². The molecule has 2 aliphatic rings. The molecule has 9 heteroatoms. The van der Waals surface area contributed by atoms with E-state index in [0.29, 0.717) is 0 Å². The van der Waals surface area contributed by atoms with Gasteiger partial charge in [0, 0.05) is 0 Å². The average molecular weight is 440 g/mol. The van der Waals surface area contributed by atoms with Crippen LogP contribution in [-0.2, 0) is 39.7 Å². The third kappa shape index (κ3) is 5.20. The molecule has 0 bridgehead atoms. The summed E-state index contributed by atoms with van der Waals surface area (Å²) in [5.41, 5.74) is 0. The first-order valence-electron chi connectivity index (χ1n) is 7.38. The van der Waals surface area contributed by atoms with Crippen molar-refractivity contribution in [2.45, 2.75) is 37.2 Å². The second kappa shape index (κ2) is 8.40. The molecule has 0 radical (unpaired) electrons. The molecule has 2 rings (SSSR count). The van der Waals surface area contributed by atoms with Gasteiger partial charge in [-0.05, 0) is 25.7 Å². The molecule has 0 fully saturated rings. The third-order valence-corrected chi connectivity index (χ3v) is 7.93. The van der Waals surface area contributed by atoms with Crippen LogP contribution in [0.3, 0.4) is 0 Å². The predicted molar refractivity (Wildman–Crippen MR) is 91.1 cm³/mol. The molecule has 0 N–H and O–H groups in total. The smallest absolute Gasteiger partial charge is 0.747 e. The van der Waals surface area contributed by atoms with Crippen molar-refractivity contribution in [3.05, 3.63) is 48.6 Å². The molecule has 0 saturated heterocycles. The van der Waals surface area contributed by atoms with E-state index in [1.54, 1.807) is 50.3 Å². The van der Waals surface area contributed by atoms with Crippen LogP contribution < -0.4 is 0 Å². The van der Waals surface area contributed by atoms with E-state index in [9.17, 15) is 25.9 Å². The fraction of sp³-hybridized carbons (Fsp3) is 0.500. The minimum absolute atomic E-state index is 0. The monoisotopic (exact) mass is 438 g/mol. The Hall–Kier alpha value is -0.597. The maximum absolute atomic E-state index is 10.9. The molecule has 136 valence electrons. The van der Waals surface area contributed by atoms with Crippen LogP contribution >= 0.6 is 0 Å². The van der Waals surface area contributed by atoms with Crippen LogP contribution in [0.1, 0.15) is 27.7 Å². The summed E-state index contributed by atoms with van der Waals surface area (Å²) in [5.74, 6) is -0.519. The molecule has 0 aromatic heterocycles. The average Bonchev–Trinajstić information content (AvgIpc) is 2.44. The quantitative estimate of drug-likeness (QED) is 0.480. The van der Waals surface area contributed by atoms with Crippen molar-refractivity contribution < 1.29 is 45.4 Å². The molecule has 25 heavy (non-hydrogen) atoms. The van der Waals surface area contributed by atoms with Gasteiger partial charge >= 0.3 is 19.5 Å². The second-order valence-electron chi connectivity index (χ2n) is 6.34. The Morgan fingerprint density at radius 3 is 1.16 bits per heavy atom. The Kier molecular flexibility index (Phi) is 8.20.